The maximum absolute atomic E-state index is 12.8. The van der Waals surface area contributed by atoms with Crippen LogP contribution in [0.25, 0.3) is 11.0 Å². The first kappa shape index (κ1) is 20.4. The van der Waals surface area contributed by atoms with E-state index < -0.39 is 12.1 Å². The molecule has 7 heteroatoms. The normalized spacial score (nSPS) is 15.0. The molecule has 158 valence electrons. The lowest BCUT2D eigenvalue weighted by atomic mass is 9.96. The van der Waals surface area contributed by atoms with Crippen molar-refractivity contribution in [3.8, 4) is 5.75 Å². The molecule has 1 aromatic heterocycles. The van der Waals surface area contributed by atoms with E-state index in [-0.39, 0.29) is 5.75 Å². The first-order chi connectivity index (χ1) is 14.4. The summed E-state index contributed by atoms with van der Waals surface area (Å²) in [6, 6.07) is 11.1. The van der Waals surface area contributed by atoms with Crippen molar-refractivity contribution >= 4 is 17.0 Å². The Morgan fingerprint density at radius 1 is 1.30 bits per heavy atom. The number of hydroxylamine groups is 2. The fourth-order valence-corrected chi connectivity index (χ4v) is 3.84. The molecule has 2 N–H and O–H groups in total. The van der Waals surface area contributed by atoms with Gasteiger partial charge < -0.3 is 19.6 Å². The first-order valence-corrected chi connectivity index (χ1v) is 10.2. The highest BCUT2D eigenvalue weighted by atomic mass is 16.7. The highest BCUT2D eigenvalue weighted by molar-refractivity contribution is 5.98. The van der Waals surface area contributed by atoms with E-state index in [1.807, 2.05) is 41.9 Å². The van der Waals surface area contributed by atoms with Crippen LogP contribution in [-0.4, -0.2) is 44.9 Å². The van der Waals surface area contributed by atoms with Crippen LogP contribution in [0.1, 0.15) is 58.6 Å². The number of benzene rings is 2. The molecule has 1 saturated carbocycles. The van der Waals surface area contributed by atoms with E-state index in [4.69, 9.17) is 4.84 Å². The number of carbonyl (C=O) groups excluding carboxylic acids is 1. The second-order valence-electron chi connectivity index (χ2n) is 8.08. The Morgan fingerprint density at radius 3 is 2.63 bits per heavy atom. The van der Waals surface area contributed by atoms with Gasteiger partial charge in [-0.3, -0.25) is 0 Å². The van der Waals surface area contributed by atoms with Crippen LogP contribution in [0.5, 0.6) is 5.75 Å². The Balaban J connectivity index is 1.73. The zero-order chi connectivity index (χ0) is 21.4. The van der Waals surface area contributed by atoms with Crippen LogP contribution in [0, 0.1) is 0 Å². The molecule has 1 aliphatic rings. The molecule has 0 bridgehead atoms. The average molecular weight is 409 g/mol. The molecule has 0 aliphatic heterocycles. The summed E-state index contributed by atoms with van der Waals surface area (Å²) in [7, 11) is 5.16. The van der Waals surface area contributed by atoms with Gasteiger partial charge in [0.15, 0.2) is 0 Å². The molecule has 0 saturated heterocycles. The SMILES string of the molecule is CN(C)OC(=O)c1cc2c(nc(C3CC3)n2C)c(O)c1CCC(O)c1ccccc1. The minimum Gasteiger partial charge on any atom is -0.505 e. The molecule has 1 atom stereocenters. The van der Waals surface area contributed by atoms with Crippen molar-refractivity contribution in [1.29, 1.82) is 0 Å². The third kappa shape index (κ3) is 3.91. The first-order valence-electron chi connectivity index (χ1n) is 10.2. The van der Waals surface area contributed by atoms with Crippen LogP contribution < -0.4 is 0 Å². The van der Waals surface area contributed by atoms with Crippen LogP contribution in [-0.2, 0) is 18.3 Å². The fraction of sp³-hybridized carbons (Fsp3) is 0.391. The second-order valence-corrected chi connectivity index (χ2v) is 8.08. The van der Waals surface area contributed by atoms with Gasteiger partial charge in [0.25, 0.3) is 0 Å². The van der Waals surface area contributed by atoms with Crippen molar-refractivity contribution in [1.82, 2.24) is 14.6 Å². The number of phenols is 1. The number of aromatic nitrogens is 2. The van der Waals surface area contributed by atoms with E-state index in [0.717, 1.165) is 24.2 Å². The molecule has 0 radical (unpaired) electrons. The van der Waals surface area contributed by atoms with Gasteiger partial charge in [0.2, 0.25) is 0 Å². The zero-order valence-electron chi connectivity index (χ0n) is 17.5. The Morgan fingerprint density at radius 2 is 2.00 bits per heavy atom. The lowest BCUT2D eigenvalue weighted by Crippen LogP contribution is -2.20. The number of aliphatic hydroxyl groups is 1. The van der Waals surface area contributed by atoms with E-state index in [1.54, 1.807) is 20.2 Å². The lowest BCUT2D eigenvalue weighted by molar-refractivity contribution is -0.0714. The summed E-state index contributed by atoms with van der Waals surface area (Å²) in [6.07, 6.45) is 2.14. The Hall–Kier alpha value is -2.90. The number of aryl methyl sites for hydroxylation is 1. The number of hydrogen-bond acceptors (Lipinski definition) is 6. The summed E-state index contributed by atoms with van der Waals surface area (Å²) >= 11 is 0. The molecule has 0 amide bonds. The van der Waals surface area contributed by atoms with Crippen LogP contribution in [0.4, 0.5) is 0 Å². The monoisotopic (exact) mass is 409 g/mol. The van der Waals surface area contributed by atoms with Gasteiger partial charge in [0.1, 0.15) is 17.1 Å². The third-order valence-electron chi connectivity index (χ3n) is 5.57. The third-order valence-corrected chi connectivity index (χ3v) is 5.57. The topological polar surface area (TPSA) is 87.8 Å². The summed E-state index contributed by atoms with van der Waals surface area (Å²) in [5.74, 6) is 0.771. The number of aliphatic hydroxyl groups excluding tert-OH is 1. The molecule has 3 aromatic rings. The molecular weight excluding hydrogens is 382 g/mol. The van der Waals surface area contributed by atoms with Gasteiger partial charge in [-0.25, -0.2) is 9.78 Å². The van der Waals surface area contributed by atoms with Crippen molar-refractivity contribution in [2.45, 2.75) is 37.7 Å². The Labute approximate surface area is 175 Å². The molecular formula is C23H27N3O4. The van der Waals surface area contributed by atoms with Gasteiger partial charge in [0, 0.05) is 32.6 Å². The number of fused-ring (bicyclic) bond motifs is 1. The lowest BCUT2D eigenvalue weighted by Gasteiger charge is -2.16. The standard InChI is InChI=1S/C23H27N3O4/c1-25(2)30-23(29)17-13-18-20(24-22(26(18)3)15-9-10-15)21(28)16(17)11-12-19(27)14-7-5-4-6-8-14/h4-8,13,15,19,27-28H,9-12H2,1-3H3. The maximum atomic E-state index is 12.8. The van der Waals surface area contributed by atoms with Gasteiger partial charge in [-0.2, -0.15) is 0 Å². The van der Waals surface area contributed by atoms with Crippen molar-refractivity contribution in [2.24, 2.45) is 7.05 Å². The van der Waals surface area contributed by atoms with Gasteiger partial charge in [-0.15, -0.1) is 5.06 Å². The highest BCUT2D eigenvalue weighted by Gasteiger charge is 2.31. The molecule has 1 unspecified atom stereocenters. The van der Waals surface area contributed by atoms with Gasteiger partial charge in [-0.1, -0.05) is 30.3 Å². The van der Waals surface area contributed by atoms with Crippen LogP contribution >= 0.6 is 0 Å². The minimum atomic E-state index is -0.704. The predicted molar refractivity (Wildman–Crippen MR) is 113 cm³/mol. The van der Waals surface area contributed by atoms with Crippen molar-refractivity contribution in [2.75, 3.05) is 14.1 Å². The average Bonchev–Trinajstić information content (AvgIpc) is 3.51. The van der Waals surface area contributed by atoms with E-state index in [0.29, 0.717) is 40.9 Å². The van der Waals surface area contributed by atoms with Gasteiger partial charge in [0.05, 0.1) is 17.2 Å². The second kappa shape index (κ2) is 8.08. The van der Waals surface area contributed by atoms with Crippen molar-refractivity contribution in [3.05, 3.63) is 58.9 Å². The number of imidazole rings is 1. The highest BCUT2D eigenvalue weighted by Crippen LogP contribution is 2.42. The minimum absolute atomic E-state index is 0.0130. The summed E-state index contributed by atoms with van der Waals surface area (Å²) in [5.41, 5.74) is 2.73. The number of aromatic hydroxyl groups is 1. The van der Waals surface area contributed by atoms with E-state index in [1.165, 1.54) is 5.06 Å². The Kier molecular flexibility index (Phi) is 5.49. The summed E-state index contributed by atoms with van der Waals surface area (Å²) in [5, 5.41) is 22.9. The molecule has 1 aliphatic carbocycles. The van der Waals surface area contributed by atoms with Crippen LogP contribution in [0.15, 0.2) is 36.4 Å². The number of carbonyl (C=O) groups is 1. The number of phenolic OH excluding ortho intramolecular Hbond substituents is 1. The molecule has 0 spiro atoms. The number of nitrogens with zero attached hydrogens (tertiary/aromatic N) is 3. The smallest absolute Gasteiger partial charge is 0.357 e. The van der Waals surface area contributed by atoms with Crippen LogP contribution in [0.2, 0.25) is 0 Å². The van der Waals surface area contributed by atoms with Gasteiger partial charge in [-0.05, 0) is 37.3 Å². The molecule has 7 nitrogen and oxygen atoms in total. The summed E-state index contributed by atoms with van der Waals surface area (Å²) in [4.78, 5) is 22.7. The molecule has 2 aromatic carbocycles. The quantitative estimate of drug-likeness (QED) is 0.581. The molecule has 1 fully saturated rings. The number of rotatable bonds is 7. The van der Waals surface area contributed by atoms with E-state index in [2.05, 4.69) is 4.98 Å². The summed E-state index contributed by atoms with van der Waals surface area (Å²) in [6.45, 7) is 0. The Bertz CT molecular complexity index is 1070. The maximum Gasteiger partial charge on any atom is 0.357 e. The van der Waals surface area contributed by atoms with E-state index in [9.17, 15) is 15.0 Å². The van der Waals surface area contributed by atoms with Gasteiger partial charge >= 0.3 is 5.97 Å². The largest absolute Gasteiger partial charge is 0.505 e. The molecule has 1 heterocycles. The molecule has 30 heavy (non-hydrogen) atoms. The number of hydrogen-bond donors (Lipinski definition) is 2. The van der Waals surface area contributed by atoms with Crippen molar-refractivity contribution < 1.29 is 19.8 Å². The zero-order valence-corrected chi connectivity index (χ0v) is 17.5. The van der Waals surface area contributed by atoms with Crippen molar-refractivity contribution in [3.63, 3.8) is 0 Å². The summed E-state index contributed by atoms with van der Waals surface area (Å²) < 4.78 is 1.95. The van der Waals surface area contributed by atoms with Crippen LogP contribution in [0.3, 0.4) is 0 Å². The molecule has 4 rings (SSSR count). The fourth-order valence-electron chi connectivity index (χ4n) is 3.84. The van der Waals surface area contributed by atoms with E-state index >= 15 is 0 Å². The predicted octanol–water partition coefficient (Wildman–Crippen LogP) is 3.46.